The van der Waals surface area contributed by atoms with E-state index in [2.05, 4.69) is 181 Å². The van der Waals surface area contributed by atoms with Gasteiger partial charge < -0.3 is 4.90 Å². The molecule has 2 aliphatic rings. The number of nitrogens with zero attached hydrogens (tertiary/aromatic N) is 1. The zero-order valence-electron chi connectivity index (χ0n) is 26.5. The van der Waals surface area contributed by atoms with Crippen LogP contribution in [0.4, 0.5) is 11.4 Å². The minimum Gasteiger partial charge on any atom is -0.314 e. The highest BCUT2D eigenvalue weighted by Crippen LogP contribution is 2.44. The van der Waals surface area contributed by atoms with Crippen LogP contribution >= 0.6 is 0 Å². The summed E-state index contributed by atoms with van der Waals surface area (Å²) in [5.74, 6) is 0. The van der Waals surface area contributed by atoms with Gasteiger partial charge in [0.25, 0.3) is 0 Å². The van der Waals surface area contributed by atoms with Crippen LogP contribution in [-0.4, -0.2) is 0 Å². The van der Waals surface area contributed by atoms with E-state index in [4.69, 9.17) is 0 Å². The lowest BCUT2D eigenvalue weighted by atomic mass is 9.80. The van der Waals surface area contributed by atoms with Crippen LogP contribution < -0.4 is 4.90 Å². The predicted octanol–water partition coefficient (Wildman–Crippen LogP) is 12.6. The molecule has 0 bridgehead atoms. The number of hydrogen-bond acceptors (Lipinski definition) is 1. The summed E-state index contributed by atoms with van der Waals surface area (Å²) < 4.78 is 0. The molecule has 6 aromatic rings. The molecule has 6 aromatic carbocycles. The van der Waals surface area contributed by atoms with E-state index in [0.29, 0.717) is 0 Å². The zero-order valence-corrected chi connectivity index (χ0v) is 26.5. The number of allylic oxidation sites excluding steroid dienone is 6. The van der Waals surface area contributed by atoms with Gasteiger partial charge in [0.05, 0.1) is 0 Å². The van der Waals surface area contributed by atoms with Crippen molar-refractivity contribution in [2.24, 2.45) is 0 Å². The molecule has 0 atom stereocenters. The fourth-order valence-corrected chi connectivity index (χ4v) is 7.20. The van der Waals surface area contributed by atoms with Crippen molar-refractivity contribution in [3.8, 4) is 22.3 Å². The molecule has 8 rings (SSSR count). The largest absolute Gasteiger partial charge is 0.314 e. The van der Waals surface area contributed by atoms with Crippen molar-refractivity contribution in [1.82, 2.24) is 0 Å². The van der Waals surface area contributed by atoms with Crippen LogP contribution in [0.3, 0.4) is 0 Å². The second kappa shape index (κ2) is 13.0. The molecule has 0 radical (unpaired) electrons. The number of para-hydroxylation sites is 2. The van der Waals surface area contributed by atoms with Crippen molar-refractivity contribution in [3.63, 3.8) is 0 Å². The Labute approximate surface area is 278 Å². The minimum absolute atomic E-state index is 0.991. The lowest BCUT2D eigenvalue weighted by Gasteiger charge is -2.29. The van der Waals surface area contributed by atoms with E-state index < -0.39 is 0 Å². The van der Waals surface area contributed by atoms with Crippen LogP contribution in [-0.2, 0) is 6.42 Å². The van der Waals surface area contributed by atoms with Crippen LogP contribution in [0.2, 0.25) is 0 Å². The Kier molecular flexibility index (Phi) is 7.95. The van der Waals surface area contributed by atoms with Crippen LogP contribution in [0.1, 0.15) is 36.0 Å². The summed E-state index contributed by atoms with van der Waals surface area (Å²) in [5.41, 5.74) is 14.4. The Morgan fingerprint density at radius 3 is 1.72 bits per heavy atom. The summed E-state index contributed by atoms with van der Waals surface area (Å²) in [6.45, 7) is 0. The Hall–Kier alpha value is -5.66. The maximum atomic E-state index is 2.38. The molecule has 1 heteroatoms. The monoisotopic (exact) mass is 603 g/mol. The van der Waals surface area contributed by atoms with Crippen LogP contribution in [0.25, 0.3) is 45.2 Å². The van der Waals surface area contributed by atoms with Crippen LogP contribution in [0.15, 0.2) is 175 Å². The van der Waals surface area contributed by atoms with Gasteiger partial charge in [0, 0.05) is 17.1 Å². The third kappa shape index (κ3) is 5.77. The molecule has 0 N–H and O–H groups in total. The van der Waals surface area contributed by atoms with Gasteiger partial charge in [-0.15, -0.1) is 0 Å². The average Bonchev–Trinajstić information content (AvgIpc) is 3.15. The molecule has 0 fully saturated rings. The normalized spacial score (nSPS) is 14.1. The topological polar surface area (TPSA) is 3.24 Å². The molecule has 0 saturated carbocycles. The molecule has 2 aliphatic carbocycles. The van der Waals surface area contributed by atoms with E-state index in [0.717, 1.165) is 25.7 Å². The van der Waals surface area contributed by atoms with Crippen LogP contribution in [0.5, 0.6) is 0 Å². The van der Waals surface area contributed by atoms with E-state index in [9.17, 15) is 0 Å². The fourth-order valence-electron chi connectivity index (χ4n) is 7.20. The van der Waals surface area contributed by atoms with Gasteiger partial charge in [0.2, 0.25) is 0 Å². The first-order chi connectivity index (χ1) is 23.3. The van der Waals surface area contributed by atoms with Crippen molar-refractivity contribution in [2.75, 3.05) is 4.90 Å². The van der Waals surface area contributed by atoms with Crippen LogP contribution in [0, 0.1) is 0 Å². The smallest absolute Gasteiger partial charge is 0.0458 e. The molecule has 1 nitrogen and oxygen atoms in total. The Morgan fingerprint density at radius 2 is 1.09 bits per heavy atom. The molecule has 0 spiro atoms. The Balaban J connectivity index is 1.09. The third-order valence-corrected chi connectivity index (χ3v) is 9.43. The van der Waals surface area contributed by atoms with E-state index in [-0.39, 0.29) is 0 Å². The average molecular weight is 604 g/mol. The van der Waals surface area contributed by atoms with Gasteiger partial charge >= 0.3 is 0 Å². The standard InChI is InChI=1S/C46H37N/c1-4-14-36(15-5-1)45-41-20-10-12-22-43(41)46(44-23-13-11-21-42(44)45)37-30-26-34(27-31-37)24-25-35-28-32-40(33-29-35)47(38-16-6-2-7-17-38)39-18-8-3-9-19-39/h1-12,14-22,24-28,30-32H,13,23,29,33H2/b25-24+. The highest BCUT2D eigenvalue weighted by molar-refractivity contribution is 6.10. The van der Waals surface area contributed by atoms with Crippen molar-refractivity contribution >= 4 is 34.3 Å². The highest BCUT2D eigenvalue weighted by atomic mass is 15.1. The summed E-state index contributed by atoms with van der Waals surface area (Å²) in [4.78, 5) is 2.38. The van der Waals surface area contributed by atoms with E-state index in [1.807, 2.05) is 0 Å². The second-order valence-corrected chi connectivity index (χ2v) is 12.4. The molecule has 47 heavy (non-hydrogen) atoms. The van der Waals surface area contributed by atoms with E-state index >= 15 is 0 Å². The number of hydrogen-bond donors (Lipinski definition) is 0. The third-order valence-electron chi connectivity index (χ3n) is 9.43. The quantitative estimate of drug-likeness (QED) is 0.175. The van der Waals surface area contributed by atoms with Gasteiger partial charge in [-0.05, 0) is 111 Å². The number of fused-ring (bicyclic) bond motifs is 2. The van der Waals surface area contributed by atoms with Crippen molar-refractivity contribution in [2.45, 2.75) is 25.7 Å². The van der Waals surface area contributed by atoms with E-state index in [1.54, 1.807) is 0 Å². The summed E-state index contributed by atoms with van der Waals surface area (Å²) in [7, 11) is 0. The molecule has 0 saturated heterocycles. The van der Waals surface area contributed by atoms with Gasteiger partial charge in [-0.2, -0.15) is 0 Å². The molecule has 226 valence electrons. The first-order valence-electron chi connectivity index (χ1n) is 16.7. The summed E-state index contributed by atoms with van der Waals surface area (Å²) in [5, 5.41) is 2.65. The summed E-state index contributed by atoms with van der Waals surface area (Å²) in [6, 6.07) is 50.3. The maximum absolute atomic E-state index is 2.38. The first kappa shape index (κ1) is 28.8. The van der Waals surface area contributed by atoms with Crippen molar-refractivity contribution in [1.29, 1.82) is 0 Å². The number of rotatable bonds is 7. The first-order valence-corrected chi connectivity index (χ1v) is 16.7. The number of benzene rings is 6. The van der Waals surface area contributed by atoms with Gasteiger partial charge in [-0.25, -0.2) is 0 Å². The van der Waals surface area contributed by atoms with Gasteiger partial charge in [0.15, 0.2) is 0 Å². The molecule has 0 amide bonds. The molecular weight excluding hydrogens is 567 g/mol. The van der Waals surface area contributed by atoms with Crippen molar-refractivity contribution < 1.29 is 0 Å². The summed E-state index contributed by atoms with van der Waals surface area (Å²) >= 11 is 0. The van der Waals surface area contributed by atoms with E-state index in [1.165, 1.54) is 72.4 Å². The Bertz CT molecular complexity index is 2110. The lowest BCUT2D eigenvalue weighted by molar-refractivity contribution is 0.892. The zero-order chi connectivity index (χ0) is 31.4. The molecule has 0 unspecified atom stereocenters. The minimum atomic E-state index is 0.991. The highest BCUT2D eigenvalue weighted by Gasteiger charge is 2.21. The summed E-state index contributed by atoms with van der Waals surface area (Å²) in [6.07, 6.45) is 17.9. The SMILES string of the molecule is C1=Cc2c(c(-c3ccc(/C=C/C4=CC=C(N(c5ccccc5)c5ccccc5)CC4)cc3)c3ccccc3c2-c2ccccc2)CC1. The second-order valence-electron chi connectivity index (χ2n) is 12.4. The van der Waals surface area contributed by atoms with Gasteiger partial charge in [-0.3, -0.25) is 0 Å². The van der Waals surface area contributed by atoms with Crippen molar-refractivity contribution in [3.05, 3.63) is 192 Å². The van der Waals surface area contributed by atoms with Gasteiger partial charge in [-0.1, -0.05) is 146 Å². The maximum Gasteiger partial charge on any atom is 0.0458 e. The fraction of sp³-hybridized carbons (Fsp3) is 0.0870. The number of anilines is 2. The molecule has 0 aromatic heterocycles. The molecule has 0 heterocycles. The Morgan fingerprint density at radius 1 is 0.489 bits per heavy atom. The molecule has 0 aliphatic heterocycles. The molecular formula is C46H37N. The lowest BCUT2D eigenvalue weighted by Crippen LogP contribution is -2.17. The van der Waals surface area contributed by atoms with Gasteiger partial charge in [0.1, 0.15) is 0 Å². The predicted molar refractivity (Wildman–Crippen MR) is 202 cm³/mol.